The molecule has 6 heteroatoms. The smallest absolute Gasteiger partial charge is 0.230 e. The van der Waals surface area contributed by atoms with Gasteiger partial charge in [0.15, 0.2) is 0 Å². The molecule has 3 aliphatic rings. The molecule has 0 N–H and O–H groups in total. The molecule has 1 spiro atoms. The molecule has 3 fully saturated rings. The van der Waals surface area contributed by atoms with Crippen molar-refractivity contribution in [3.05, 3.63) is 53.1 Å². The first-order chi connectivity index (χ1) is 14.4. The molecular formula is C24H31ClN4O. The molecule has 3 heterocycles. The number of aromatic nitrogens is 2. The van der Waals surface area contributed by atoms with E-state index in [0.717, 1.165) is 55.8 Å². The summed E-state index contributed by atoms with van der Waals surface area (Å²) in [5, 5.41) is 0.760. The number of carbonyl (C=O) groups is 1. The number of rotatable bonds is 6. The van der Waals surface area contributed by atoms with Crippen molar-refractivity contribution >= 4 is 17.5 Å². The van der Waals surface area contributed by atoms with Crippen molar-refractivity contribution in [1.82, 2.24) is 19.4 Å². The number of hydrogen-bond acceptors (Lipinski definition) is 3. The van der Waals surface area contributed by atoms with Gasteiger partial charge in [0.05, 0.1) is 17.4 Å². The number of likely N-dealkylation sites (tertiary alicyclic amines) is 2. The molecule has 0 radical (unpaired) electrons. The third-order valence-corrected chi connectivity index (χ3v) is 7.48. The maximum absolute atomic E-state index is 13.7. The molecule has 30 heavy (non-hydrogen) atoms. The van der Waals surface area contributed by atoms with Gasteiger partial charge in [0, 0.05) is 55.9 Å². The zero-order chi connectivity index (χ0) is 20.9. The molecule has 2 unspecified atom stereocenters. The van der Waals surface area contributed by atoms with Gasteiger partial charge in [-0.2, -0.15) is 0 Å². The fourth-order valence-corrected chi connectivity index (χ4v) is 5.41. The van der Waals surface area contributed by atoms with Crippen LogP contribution in [0.3, 0.4) is 0 Å². The first-order valence-electron chi connectivity index (χ1n) is 11.2. The molecule has 1 saturated carbocycles. The molecule has 2 saturated heterocycles. The summed E-state index contributed by atoms with van der Waals surface area (Å²) in [6, 6.07) is 8.45. The van der Waals surface area contributed by atoms with Gasteiger partial charge < -0.3 is 9.47 Å². The predicted octanol–water partition coefficient (Wildman–Crippen LogP) is 4.35. The van der Waals surface area contributed by atoms with Crippen LogP contribution >= 0.6 is 11.6 Å². The maximum Gasteiger partial charge on any atom is 0.230 e. The van der Waals surface area contributed by atoms with E-state index in [2.05, 4.69) is 46.5 Å². The van der Waals surface area contributed by atoms with Crippen molar-refractivity contribution in [2.24, 2.45) is 11.3 Å². The van der Waals surface area contributed by atoms with Gasteiger partial charge in [-0.25, -0.2) is 4.98 Å². The molecule has 1 aromatic heterocycles. The van der Waals surface area contributed by atoms with E-state index in [0.29, 0.717) is 11.9 Å². The van der Waals surface area contributed by atoms with Crippen molar-refractivity contribution < 1.29 is 4.79 Å². The normalized spacial score (nSPS) is 27.1. The SMILES string of the molecule is CC(C)n1cnc(C2CN(Cc3ccc(Cl)cc3)CC23CCN(CC2CC2)C3=O)c1. The van der Waals surface area contributed by atoms with Gasteiger partial charge in [0.25, 0.3) is 0 Å². The first-order valence-corrected chi connectivity index (χ1v) is 11.6. The van der Waals surface area contributed by atoms with E-state index in [1.54, 1.807) is 0 Å². The first kappa shape index (κ1) is 20.1. The van der Waals surface area contributed by atoms with Gasteiger partial charge in [0.1, 0.15) is 0 Å². The van der Waals surface area contributed by atoms with Crippen LogP contribution in [0, 0.1) is 11.3 Å². The Morgan fingerprint density at radius 2 is 2.00 bits per heavy atom. The summed E-state index contributed by atoms with van der Waals surface area (Å²) in [7, 11) is 0. The van der Waals surface area contributed by atoms with Gasteiger partial charge in [-0.1, -0.05) is 23.7 Å². The molecule has 1 amide bonds. The van der Waals surface area contributed by atoms with Crippen LogP contribution in [0.4, 0.5) is 0 Å². The molecule has 2 atom stereocenters. The lowest BCUT2D eigenvalue weighted by Gasteiger charge is -2.28. The largest absolute Gasteiger partial charge is 0.342 e. The Hall–Kier alpha value is -1.85. The minimum absolute atomic E-state index is 0.154. The Morgan fingerprint density at radius 3 is 2.67 bits per heavy atom. The molecule has 5 rings (SSSR count). The predicted molar refractivity (Wildman–Crippen MR) is 118 cm³/mol. The molecule has 2 aliphatic heterocycles. The highest BCUT2D eigenvalue weighted by atomic mass is 35.5. The van der Waals surface area contributed by atoms with E-state index in [4.69, 9.17) is 16.6 Å². The van der Waals surface area contributed by atoms with E-state index in [1.165, 1.54) is 18.4 Å². The van der Waals surface area contributed by atoms with Gasteiger partial charge >= 0.3 is 0 Å². The minimum atomic E-state index is -0.336. The van der Waals surface area contributed by atoms with Crippen LogP contribution in [0.1, 0.15) is 56.3 Å². The molecule has 2 aromatic rings. The highest BCUT2D eigenvalue weighted by molar-refractivity contribution is 6.30. The highest BCUT2D eigenvalue weighted by Crippen LogP contribution is 2.50. The highest BCUT2D eigenvalue weighted by Gasteiger charge is 2.58. The Morgan fingerprint density at radius 1 is 1.23 bits per heavy atom. The lowest BCUT2D eigenvalue weighted by Crippen LogP contribution is -2.40. The summed E-state index contributed by atoms with van der Waals surface area (Å²) in [5.41, 5.74) is 1.98. The van der Waals surface area contributed by atoms with Crippen molar-refractivity contribution in [2.75, 3.05) is 26.2 Å². The number of nitrogens with zero attached hydrogens (tertiary/aromatic N) is 4. The molecule has 1 aromatic carbocycles. The molecule has 0 bridgehead atoms. The third kappa shape index (κ3) is 3.67. The van der Waals surface area contributed by atoms with Crippen LogP contribution in [0.15, 0.2) is 36.8 Å². The van der Waals surface area contributed by atoms with Crippen LogP contribution < -0.4 is 0 Å². The quantitative estimate of drug-likeness (QED) is 0.689. The van der Waals surface area contributed by atoms with Gasteiger partial charge in [-0.05, 0) is 56.7 Å². The van der Waals surface area contributed by atoms with E-state index >= 15 is 0 Å². The summed E-state index contributed by atoms with van der Waals surface area (Å²) >= 11 is 6.07. The Balaban J connectivity index is 1.42. The van der Waals surface area contributed by atoms with Crippen LogP contribution in [0.5, 0.6) is 0 Å². The number of amides is 1. The summed E-state index contributed by atoms with van der Waals surface area (Å²) < 4.78 is 2.16. The second-order valence-corrected chi connectivity index (χ2v) is 10.2. The summed E-state index contributed by atoms with van der Waals surface area (Å²) in [6.07, 6.45) is 7.59. The van der Waals surface area contributed by atoms with Gasteiger partial charge in [-0.3, -0.25) is 9.69 Å². The Bertz CT molecular complexity index is 920. The summed E-state index contributed by atoms with van der Waals surface area (Å²) in [6.45, 7) is 8.71. The van der Waals surface area contributed by atoms with Gasteiger partial charge in [0.2, 0.25) is 5.91 Å². The van der Waals surface area contributed by atoms with Crippen LogP contribution in [0.2, 0.25) is 5.02 Å². The second kappa shape index (κ2) is 7.69. The molecule has 5 nitrogen and oxygen atoms in total. The lowest BCUT2D eigenvalue weighted by atomic mass is 9.75. The lowest BCUT2D eigenvalue weighted by molar-refractivity contribution is -0.136. The zero-order valence-electron chi connectivity index (χ0n) is 17.9. The minimum Gasteiger partial charge on any atom is -0.342 e. The van der Waals surface area contributed by atoms with Crippen molar-refractivity contribution in [2.45, 2.75) is 51.6 Å². The maximum atomic E-state index is 13.7. The van der Waals surface area contributed by atoms with Crippen LogP contribution in [0.25, 0.3) is 0 Å². The van der Waals surface area contributed by atoms with E-state index in [1.807, 2.05) is 18.5 Å². The Labute approximate surface area is 184 Å². The Kier molecular flexibility index (Phi) is 5.14. The van der Waals surface area contributed by atoms with Crippen LogP contribution in [-0.4, -0.2) is 51.4 Å². The average molecular weight is 427 g/mol. The second-order valence-electron chi connectivity index (χ2n) is 9.79. The number of carbonyl (C=O) groups excluding carboxylic acids is 1. The van der Waals surface area contributed by atoms with Crippen LogP contribution in [-0.2, 0) is 11.3 Å². The molecule has 1 aliphatic carbocycles. The zero-order valence-corrected chi connectivity index (χ0v) is 18.7. The third-order valence-electron chi connectivity index (χ3n) is 7.22. The van der Waals surface area contributed by atoms with Crippen molar-refractivity contribution in [3.63, 3.8) is 0 Å². The van der Waals surface area contributed by atoms with E-state index in [-0.39, 0.29) is 11.3 Å². The summed E-state index contributed by atoms with van der Waals surface area (Å²) in [4.78, 5) is 23.1. The number of imidazole rings is 1. The van der Waals surface area contributed by atoms with E-state index in [9.17, 15) is 4.79 Å². The average Bonchev–Trinajstić information content (AvgIpc) is 3.15. The van der Waals surface area contributed by atoms with Crippen molar-refractivity contribution in [3.8, 4) is 0 Å². The molecular weight excluding hydrogens is 396 g/mol. The number of halogens is 1. The monoisotopic (exact) mass is 426 g/mol. The number of benzene rings is 1. The number of hydrogen-bond donors (Lipinski definition) is 0. The fourth-order valence-electron chi connectivity index (χ4n) is 5.28. The standard InChI is InChI=1S/C24H31ClN4O/c1-17(2)29-14-22(26-16-29)21-13-27(11-18-5-7-20(25)8-6-18)15-24(21)9-10-28(23(24)30)12-19-3-4-19/h5-8,14,16-17,19,21H,3-4,9-13,15H2,1-2H3. The van der Waals surface area contributed by atoms with Gasteiger partial charge in [-0.15, -0.1) is 0 Å². The topological polar surface area (TPSA) is 41.4 Å². The molecule has 160 valence electrons. The summed E-state index contributed by atoms with van der Waals surface area (Å²) in [5.74, 6) is 1.24. The van der Waals surface area contributed by atoms with Crippen molar-refractivity contribution in [1.29, 1.82) is 0 Å². The fraction of sp³-hybridized carbons (Fsp3) is 0.583. The van der Waals surface area contributed by atoms with E-state index < -0.39 is 0 Å².